The summed E-state index contributed by atoms with van der Waals surface area (Å²) >= 11 is 6.34. The van der Waals surface area contributed by atoms with Gasteiger partial charge in [-0.25, -0.2) is 4.98 Å². The molecule has 21 heavy (non-hydrogen) atoms. The maximum atomic E-state index is 6.34. The topological polar surface area (TPSA) is 37.4 Å². The fourth-order valence-electron chi connectivity index (χ4n) is 3.44. The van der Waals surface area contributed by atoms with Crippen molar-refractivity contribution >= 4 is 17.4 Å². The number of halogens is 1. The molecule has 0 radical (unpaired) electrons. The number of pyridine rings is 1. The largest absolute Gasteiger partial charge is 0.375 e. The van der Waals surface area contributed by atoms with E-state index in [1.807, 2.05) is 12.1 Å². The molecule has 0 spiro atoms. The van der Waals surface area contributed by atoms with E-state index in [9.17, 15) is 0 Å². The average Bonchev–Trinajstić information content (AvgIpc) is 2.51. The van der Waals surface area contributed by atoms with Crippen LogP contribution in [0.3, 0.4) is 0 Å². The van der Waals surface area contributed by atoms with Crippen molar-refractivity contribution in [3.63, 3.8) is 0 Å². The highest BCUT2D eigenvalue weighted by atomic mass is 35.5. The first-order valence-corrected chi connectivity index (χ1v) is 8.40. The highest BCUT2D eigenvalue weighted by Gasteiger charge is 2.34. The zero-order valence-corrected chi connectivity index (χ0v) is 13.4. The molecule has 1 aliphatic carbocycles. The number of aromatic nitrogens is 1. The second-order valence-corrected chi connectivity index (χ2v) is 6.29. The normalized spacial score (nSPS) is 26.4. The molecule has 2 unspecified atom stereocenters. The minimum Gasteiger partial charge on any atom is -0.375 e. The maximum absolute atomic E-state index is 6.34. The van der Waals surface area contributed by atoms with Gasteiger partial charge in [-0.15, -0.1) is 0 Å². The van der Waals surface area contributed by atoms with Crippen molar-refractivity contribution in [3.05, 3.63) is 22.8 Å². The second kappa shape index (κ2) is 6.95. The lowest BCUT2D eigenvalue weighted by Gasteiger charge is -2.43. The van der Waals surface area contributed by atoms with Crippen molar-refractivity contribution in [2.45, 2.75) is 51.3 Å². The van der Waals surface area contributed by atoms with Gasteiger partial charge in [-0.3, -0.25) is 4.90 Å². The third kappa shape index (κ3) is 3.50. The minimum absolute atomic E-state index is 0.406. The number of hydrogen-bond donors (Lipinski definition) is 1. The van der Waals surface area contributed by atoms with Crippen molar-refractivity contribution in [1.29, 1.82) is 0 Å². The molecule has 2 heterocycles. The van der Waals surface area contributed by atoms with Gasteiger partial charge in [-0.1, -0.05) is 24.4 Å². The van der Waals surface area contributed by atoms with Crippen LogP contribution in [0.4, 0.5) is 5.82 Å². The Morgan fingerprint density at radius 3 is 3.10 bits per heavy atom. The van der Waals surface area contributed by atoms with Crippen molar-refractivity contribution in [3.8, 4) is 0 Å². The molecule has 1 aliphatic heterocycles. The van der Waals surface area contributed by atoms with Crippen LogP contribution in [0.5, 0.6) is 0 Å². The van der Waals surface area contributed by atoms with Crippen LogP contribution in [0, 0.1) is 0 Å². The number of hydrogen-bond acceptors (Lipinski definition) is 4. The minimum atomic E-state index is 0.406. The van der Waals surface area contributed by atoms with E-state index in [1.54, 1.807) is 0 Å². The Bertz CT molecular complexity index is 481. The van der Waals surface area contributed by atoms with E-state index in [4.69, 9.17) is 16.3 Å². The van der Waals surface area contributed by atoms with Gasteiger partial charge in [0.05, 0.1) is 23.4 Å². The summed E-state index contributed by atoms with van der Waals surface area (Å²) in [5.74, 6) is 0.908. The van der Waals surface area contributed by atoms with Crippen molar-refractivity contribution in [2.75, 3.05) is 25.0 Å². The quantitative estimate of drug-likeness (QED) is 0.926. The number of morpholine rings is 1. The zero-order valence-electron chi connectivity index (χ0n) is 12.6. The fourth-order valence-corrected chi connectivity index (χ4v) is 3.61. The molecule has 0 amide bonds. The average molecular weight is 310 g/mol. The van der Waals surface area contributed by atoms with E-state index < -0.39 is 0 Å². The van der Waals surface area contributed by atoms with Crippen LogP contribution >= 0.6 is 11.6 Å². The number of fused-ring (bicyclic) bond motifs is 1. The van der Waals surface area contributed by atoms with E-state index in [0.717, 1.165) is 42.8 Å². The molecule has 5 heteroatoms. The molecule has 0 bridgehead atoms. The lowest BCUT2D eigenvalue weighted by molar-refractivity contribution is -0.0914. The summed E-state index contributed by atoms with van der Waals surface area (Å²) in [6.07, 6.45) is 5.43. The molecule has 1 N–H and O–H groups in total. The number of nitrogens with zero attached hydrogens (tertiary/aromatic N) is 2. The first-order valence-electron chi connectivity index (χ1n) is 8.03. The Morgan fingerprint density at radius 1 is 1.38 bits per heavy atom. The number of anilines is 1. The van der Waals surface area contributed by atoms with Gasteiger partial charge in [0.1, 0.15) is 5.82 Å². The van der Waals surface area contributed by atoms with Gasteiger partial charge in [0.15, 0.2) is 0 Å². The molecular weight excluding hydrogens is 286 g/mol. The molecule has 1 aromatic heterocycles. The van der Waals surface area contributed by atoms with Crippen LogP contribution in [0.15, 0.2) is 12.1 Å². The number of rotatable bonds is 4. The summed E-state index contributed by atoms with van der Waals surface area (Å²) in [6.45, 7) is 5.57. The molecule has 2 atom stereocenters. The van der Waals surface area contributed by atoms with E-state index in [-0.39, 0.29) is 0 Å². The van der Waals surface area contributed by atoms with Gasteiger partial charge in [0, 0.05) is 25.7 Å². The van der Waals surface area contributed by atoms with Crippen molar-refractivity contribution in [2.24, 2.45) is 0 Å². The van der Waals surface area contributed by atoms with Crippen molar-refractivity contribution < 1.29 is 4.74 Å². The molecule has 0 aromatic carbocycles. The SMILES string of the molecule is CCNc1ccc(Cl)c(CN2CCOC3CCCCC32)n1. The van der Waals surface area contributed by atoms with Crippen LogP contribution in [-0.4, -0.2) is 41.7 Å². The van der Waals surface area contributed by atoms with Gasteiger partial charge < -0.3 is 10.1 Å². The summed E-state index contributed by atoms with van der Waals surface area (Å²) in [5, 5.41) is 4.02. The van der Waals surface area contributed by atoms with Gasteiger partial charge in [-0.2, -0.15) is 0 Å². The lowest BCUT2D eigenvalue weighted by Crippen LogP contribution is -2.52. The molecule has 3 rings (SSSR count). The summed E-state index contributed by atoms with van der Waals surface area (Å²) < 4.78 is 5.93. The summed E-state index contributed by atoms with van der Waals surface area (Å²) in [4.78, 5) is 7.18. The highest BCUT2D eigenvalue weighted by molar-refractivity contribution is 6.31. The zero-order chi connectivity index (χ0) is 14.7. The van der Waals surface area contributed by atoms with Gasteiger partial charge in [0.25, 0.3) is 0 Å². The molecule has 116 valence electrons. The molecule has 1 aromatic rings. The Morgan fingerprint density at radius 2 is 2.24 bits per heavy atom. The molecule has 1 saturated heterocycles. The molecular formula is C16H24ClN3O. The summed E-state index contributed by atoms with van der Waals surface area (Å²) in [7, 11) is 0. The number of ether oxygens (including phenoxy) is 1. The molecule has 2 aliphatic rings. The van der Waals surface area contributed by atoms with Gasteiger partial charge >= 0.3 is 0 Å². The van der Waals surface area contributed by atoms with E-state index in [1.165, 1.54) is 25.7 Å². The smallest absolute Gasteiger partial charge is 0.126 e. The van der Waals surface area contributed by atoms with Crippen LogP contribution in [0.2, 0.25) is 5.02 Å². The highest BCUT2D eigenvalue weighted by Crippen LogP contribution is 2.30. The lowest BCUT2D eigenvalue weighted by atomic mass is 9.90. The van der Waals surface area contributed by atoms with E-state index in [2.05, 4.69) is 22.1 Å². The van der Waals surface area contributed by atoms with Crippen LogP contribution in [0.1, 0.15) is 38.3 Å². The predicted molar refractivity (Wildman–Crippen MR) is 85.8 cm³/mol. The Balaban J connectivity index is 1.74. The monoisotopic (exact) mass is 309 g/mol. The van der Waals surface area contributed by atoms with Gasteiger partial charge in [0.2, 0.25) is 0 Å². The number of nitrogens with one attached hydrogen (secondary N) is 1. The molecule has 2 fully saturated rings. The Labute approximate surface area is 131 Å². The van der Waals surface area contributed by atoms with E-state index >= 15 is 0 Å². The summed E-state index contributed by atoms with van der Waals surface area (Å²) in [6, 6.07) is 4.42. The van der Waals surface area contributed by atoms with Crippen molar-refractivity contribution in [1.82, 2.24) is 9.88 Å². The van der Waals surface area contributed by atoms with Crippen LogP contribution in [0.25, 0.3) is 0 Å². The predicted octanol–water partition coefficient (Wildman–Crippen LogP) is 3.31. The maximum Gasteiger partial charge on any atom is 0.126 e. The molecule has 4 nitrogen and oxygen atoms in total. The Hall–Kier alpha value is -0.840. The third-order valence-electron chi connectivity index (χ3n) is 4.48. The first kappa shape index (κ1) is 15.1. The summed E-state index contributed by atoms with van der Waals surface area (Å²) in [5.41, 5.74) is 0.973. The second-order valence-electron chi connectivity index (χ2n) is 5.89. The van der Waals surface area contributed by atoms with Gasteiger partial charge in [-0.05, 0) is 31.9 Å². The third-order valence-corrected chi connectivity index (χ3v) is 4.82. The van der Waals surface area contributed by atoms with Crippen LogP contribution < -0.4 is 5.32 Å². The van der Waals surface area contributed by atoms with E-state index in [0.29, 0.717) is 12.1 Å². The molecule has 1 saturated carbocycles. The first-order chi connectivity index (χ1) is 10.3. The van der Waals surface area contributed by atoms with Crippen LogP contribution in [-0.2, 0) is 11.3 Å². The Kier molecular flexibility index (Phi) is 4.99. The standard InChI is InChI=1S/C16H24ClN3O/c1-2-18-16-8-7-12(17)13(19-16)11-20-9-10-21-15-6-4-3-5-14(15)20/h7-8,14-15H,2-6,9-11H2,1H3,(H,18,19). The fraction of sp³-hybridized carbons (Fsp3) is 0.688.